The number of carbonyl (C=O) groups is 2. The maximum absolute atomic E-state index is 12.1. The van der Waals surface area contributed by atoms with Crippen LogP contribution in [0, 0.1) is 0 Å². The molecule has 2 radical (unpaired) electrons. The van der Waals surface area contributed by atoms with Gasteiger partial charge in [0.25, 0.3) is 0 Å². The molecule has 0 aliphatic heterocycles. The summed E-state index contributed by atoms with van der Waals surface area (Å²) in [6.45, 7) is 0. The second-order valence-electron chi connectivity index (χ2n) is 2.19. The van der Waals surface area contributed by atoms with Crippen LogP contribution >= 0.6 is 0 Å². The minimum Gasteiger partial charge on any atom is -0.296 e. The SMILES string of the molecule is [N]C(=O)C(F)(F)C(F)(F)C(F)(F)C=O. The van der Waals surface area contributed by atoms with Crippen LogP contribution in [0.15, 0.2) is 0 Å². The molecule has 0 spiro atoms. The molecule has 0 aliphatic carbocycles. The summed E-state index contributed by atoms with van der Waals surface area (Å²) in [5.41, 5.74) is 7.56. The van der Waals surface area contributed by atoms with Gasteiger partial charge in [-0.25, -0.2) is 0 Å². The summed E-state index contributed by atoms with van der Waals surface area (Å²) in [6.07, 6.45) is -1.73. The van der Waals surface area contributed by atoms with Crippen molar-refractivity contribution in [1.82, 2.24) is 5.73 Å². The van der Waals surface area contributed by atoms with E-state index in [2.05, 4.69) is 0 Å². The van der Waals surface area contributed by atoms with Crippen LogP contribution in [0.2, 0.25) is 0 Å². The molecule has 80 valence electrons. The van der Waals surface area contributed by atoms with E-state index in [-0.39, 0.29) is 0 Å². The van der Waals surface area contributed by atoms with Gasteiger partial charge in [-0.1, -0.05) is 0 Å². The first-order valence-corrected chi connectivity index (χ1v) is 2.84. The zero-order valence-electron chi connectivity index (χ0n) is 6.11. The zero-order valence-corrected chi connectivity index (χ0v) is 6.11. The van der Waals surface area contributed by atoms with Crippen molar-refractivity contribution in [2.45, 2.75) is 17.8 Å². The number of carbonyl (C=O) groups excluding carboxylic acids is 2. The molecule has 0 N–H and O–H groups in total. The number of hydrogen-bond donors (Lipinski definition) is 0. The summed E-state index contributed by atoms with van der Waals surface area (Å²) in [4.78, 5) is 18.9. The van der Waals surface area contributed by atoms with Crippen molar-refractivity contribution in [3.05, 3.63) is 0 Å². The maximum atomic E-state index is 12.1. The van der Waals surface area contributed by atoms with Crippen LogP contribution in [0.4, 0.5) is 26.3 Å². The largest absolute Gasteiger partial charge is 0.396 e. The highest BCUT2D eigenvalue weighted by Gasteiger charge is 2.75. The van der Waals surface area contributed by atoms with Crippen molar-refractivity contribution in [2.75, 3.05) is 0 Å². The Kier molecular flexibility index (Phi) is 2.85. The van der Waals surface area contributed by atoms with Gasteiger partial charge in [-0.2, -0.15) is 26.3 Å². The van der Waals surface area contributed by atoms with Gasteiger partial charge in [0.15, 0.2) is 6.29 Å². The van der Waals surface area contributed by atoms with Crippen molar-refractivity contribution in [1.29, 1.82) is 0 Å². The molecule has 0 saturated carbocycles. The van der Waals surface area contributed by atoms with E-state index in [0.717, 1.165) is 0 Å². The molecule has 1 amide bonds. The topological polar surface area (TPSA) is 56.4 Å². The van der Waals surface area contributed by atoms with E-state index in [1.165, 1.54) is 0 Å². The first kappa shape index (κ1) is 12.7. The van der Waals surface area contributed by atoms with Gasteiger partial charge in [0.05, 0.1) is 0 Å². The third-order valence-electron chi connectivity index (χ3n) is 1.23. The zero-order chi connectivity index (χ0) is 11.8. The predicted molar refractivity (Wildman–Crippen MR) is 28.0 cm³/mol. The lowest BCUT2D eigenvalue weighted by Gasteiger charge is -2.26. The normalized spacial score (nSPS) is 13.9. The van der Waals surface area contributed by atoms with E-state index < -0.39 is 30.0 Å². The fraction of sp³-hybridized carbons (Fsp3) is 0.600. The lowest BCUT2D eigenvalue weighted by Crippen LogP contribution is -2.58. The summed E-state index contributed by atoms with van der Waals surface area (Å²) < 4.78 is 72.1. The molecule has 0 atom stereocenters. The van der Waals surface area contributed by atoms with Gasteiger partial charge < -0.3 is 0 Å². The number of nitrogens with zero attached hydrogens (tertiary/aromatic N) is 1. The highest BCUT2D eigenvalue weighted by molar-refractivity contribution is 5.83. The molecule has 0 aromatic rings. The van der Waals surface area contributed by atoms with Crippen LogP contribution in [0.3, 0.4) is 0 Å². The molecule has 9 heteroatoms. The van der Waals surface area contributed by atoms with Crippen LogP contribution in [0.25, 0.3) is 0 Å². The predicted octanol–water partition coefficient (Wildman–Crippen LogP) is 0.687. The molecule has 14 heavy (non-hydrogen) atoms. The van der Waals surface area contributed by atoms with Crippen molar-refractivity contribution in [3.63, 3.8) is 0 Å². The van der Waals surface area contributed by atoms with Gasteiger partial charge in [0.2, 0.25) is 0 Å². The summed E-state index contributed by atoms with van der Waals surface area (Å²) >= 11 is 0. The molecule has 0 saturated heterocycles. The van der Waals surface area contributed by atoms with Crippen LogP contribution < -0.4 is 5.73 Å². The third kappa shape index (κ3) is 1.53. The quantitative estimate of drug-likeness (QED) is 0.517. The Morgan fingerprint density at radius 3 is 1.64 bits per heavy atom. The molecular weight excluding hydrogens is 220 g/mol. The molecule has 0 rings (SSSR count). The van der Waals surface area contributed by atoms with Crippen LogP contribution in [0.1, 0.15) is 0 Å². The molecular formula is C5HF6NO2. The number of rotatable bonds is 4. The summed E-state index contributed by atoms with van der Waals surface area (Å²) in [5.74, 6) is -21.5. The minimum atomic E-state index is -6.27. The molecule has 0 bridgehead atoms. The van der Waals surface area contributed by atoms with Gasteiger partial charge in [0, 0.05) is 0 Å². The minimum absolute atomic E-state index is 1.73. The molecule has 0 aromatic heterocycles. The Balaban J connectivity index is 5.35. The lowest BCUT2D eigenvalue weighted by atomic mass is 10.1. The van der Waals surface area contributed by atoms with Gasteiger partial charge in [-0.3, -0.25) is 9.59 Å². The molecule has 3 nitrogen and oxygen atoms in total. The number of amides is 1. The van der Waals surface area contributed by atoms with Gasteiger partial charge in [-0.05, 0) is 0 Å². The summed E-state index contributed by atoms with van der Waals surface area (Å²) in [5, 5.41) is 0. The van der Waals surface area contributed by atoms with Gasteiger partial charge in [0.1, 0.15) is 0 Å². The van der Waals surface area contributed by atoms with E-state index >= 15 is 0 Å². The fourth-order valence-corrected chi connectivity index (χ4v) is 0.418. The molecule has 0 aliphatic rings. The average molecular weight is 221 g/mol. The fourth-order valence-electron chi connectivity index (χ4n) is 0.418. The smallest absolute Gasteiger partial charge is 0.296 e. The van der Waals surface area contributed by atoms with E-state index in [4.69, 9.17) is 5.73 Å². The lowest BCUT2D eigenvalue weighted by molar-refractivity contribution is -0.281. The first-order valence-electron chi connectivity index (χ1n) is 2.84. The first-order chi connectivity index (χ1) is 6.00. The van der Waals surface area contributed by atoms with E-state index in [1.54, 1.807) is 0 Å². The van der Waals surface area contributed by atoms with Gasteiger partial charge in [-0.15, -0.1) is 5.73 Å². The highest BCUT2D eigenvalue weighted by Crippen LogP contribution is 2.44. The van der Waals surface area contributed by atoms with Crippen molar-refractivity contribution < 1.29 is 35.9 Å². The monoisotopic (exact) mass is 221 g/mol. The Morgan fingerprint density at radius 2 is 1.43 bits per heavy atom. The second-order valence-corrected chi connectivity index (χ2v) is 2.19. The molecule has 0 unspecified atom stereocenters. The van der Waals surface area contributed by atoms with E-state index in [0.29, 0.717) is 0 Å². The Bertz CT molecular complexity index is 263. The standard InChI is InChI=1S/C5HF6NO2/c6-3(7,1-13)5(10,11)4(8,9)2(12)14/h1H. The maximum Gasteiger partial charge on any atom is 0.396 e. The van der Waals surface area contributed by atoms with Crippen LogP contribution in [-0.4, -0.2) is 30.0 Å². The summed E-state index contributed by atoms with van der Waals surface area (Å²) in [6, 6.07) is 0. The molecule has 0 fully saturated rings. The molecule has 0 aromatic carbocycles. The van der Waals surface area contributed by atoms with Crippen LogP contribution in [-0.2, 0) is 9.59 Å². The second kappa shape index (κ2) is 3.14. The average Bonchev–Trinajstić information content (AvgIpc) is 2.03. The number of alkyl halides is 6. The third-order valence-corrected chi connectivity index (χ3v) is 1.23. The Labute approximate surface area is 72.9 Å². The van der Waals surface area contributed by atoms with E-state index in [9.17, 15) is 35.9 Å². The molecule has 0 heterocycles. The number of aldehydes is 1. The summed E-state index contributed by atoms with van der Waals surface area (Å²) in [7, 11) is 0. The number of hydrogen-bond acceptors (Lipinski definition) is 2. The Hall–Kier alpha value is -1.28. The van der Waals surface area contributed by atoms with Crippen molar-refractivity contribution >= 4 is 12.2 Å². The highest BCUT2D eigenvalue weighted by atomic mass is 19.3. The van der Waals surface area contributed by atoms with Crippen LogP contribution in [0.5, 0.6) is 0 Å². The van der Waals surface area contributed by atoms with Crippen molar-refractivity contribution in [2.24, 2.45) is 0 Å². The van der Waals surface area contributed by atoms with Gasteiger partial charge >= 0.3 is 23.7 Å². The number of halogens is 6. The van der Waals surface area contributed by atoms with E-state index in [1.807, 2.05) is 0 Å². The Morgan fingerprint density at radius 1 is 1.07 bits per heavy atom. The van der Waals surface area contributed by atoms with Crippen molar-refractivity contribution in [3.8, 4) is 0 Å².